The summed E-state index contributed by atoms with van der Waals surface area (Å²) in [6.07, 6.45) is 4.08. The third-order valence-electron chi connectivity index (χ3n) is 2.98. The molecule has 1 aliphatic heterocycles. The van der Waals surface area contributed by atoms with E-state index in [1.54, 1.807) is 0 Å². The van der Waals surface area contributed by atoms with Crippen molar-refractivity contribution in [2.24, 2.45) is 0 Å². The standard InChI is InChI=1S/C12H22N2S/c1-11(9-13-12-3-4-12)10-14-5-2-7-15-8-6-14/h12-13H,1-10H2. The summed E-state index contributed by atoms with van der Waals surface area (Å²) in [7, 11) is 0. The predicted octanol–water partition coefficient (Wildman–Crippen LogP) is 1.73. The molecule has 0 radical (unpaired) electrons. The lowest BCUT2D eigenvalue weighted by Gasteiger charge is -2.20. The fourth-order valence-electron chi connectivity index (χ4n) is 1.90. The number of rotatable bonds is 5. The molecular weight excluding hydrogens is 204 g/mol. The van der Waals surface area contributed by atoms with Gasteiger partial charge in [-0.15, -0.1) is 0 Å². The van der Waals surface area contributed by atoms with Crippen molar-refractivity contribution in [3.8, 4) is 0 Å². The van der Waals surface area contributed by atoms with Gasteiger partial charge in [-0.05, 0) is 37.1 Å². The molecule has 0 atom stereocenters. The number of nitrogens with zero attached hydrogens (tertiary/aromatic N) is 1. The van der Waals surface area contributed by atoms with Crippen LogP contribution in [0, 0.1) is 0 Å². The maximum Gasteiger partial charge on any atom is 0.0203 e. The highest BCUT2D eigenvalue weighted by atomic mass is 32.2. The molecule has 1 saturated carbocycles. The van der Waals surface area contributed by atoms with Gasteiger partial charge in [-0.2, -0.15) is 11.8 Å². The summed E-state index contributed by atoms with van der Waals surface area (Å²) in [6, 6.07) is 0.807. The van der Waals surface area contributed by atoms with E-state index in [2.05, 4.69) is 28.6 Å². The maximum absolute atomic E-state index is 4.17. The van der Waals surface area contributed by atoms with E-state index in [-0.39, 0.29) is 0 Å². The monoisotopic (exact) mass is 226 g/mol. The summed E-state index contributed by atoms with van der Waals surface area (Å²) in [4.78, 5) is 2.55. The zero-order valence-corrected chi connectivity index (χ0v) is 10.3. The number of thioether (sulfide) groups is 1. The van der Waals surface area contributed by atoms with Gasteiger partial charge in [0.25, 0.3) is 0 Å². The maximum atomic E-state index is 4.17. The van der Waals surface area contributed by atoms with Crippen LogP contribution in [-0.2, 0) is 0 Å². The van der Waals surface area contributed by atoms with E-state index < -0.39 is 0 Å². The van der Waals surface area contributed by atoms with Crippen LogP contribution in [0.3, 0.4) is 0 Å². The first-order chi connectivity index (χ1) is 7.34. The molecule has 2 fully saturated rings. The molecule has 0 amide bonds. The van der Waals surface area contributed by atoms with Gasteiger partial charge >= 0.3 is 0 Å². The minimum atomic E-state index is 0.807. The van der Waals surface area contributed by atoms with Gasteiger partial charge < -0.3 is 5.32 Å². The van der Waals surface area contributed by atoms with Gasteiger partial charge in [0.15, 0.2) is 0 Å². The highest BCUT2D eigenvalue weighted by Crippen LogP contribution is 2.18. The Morgan fingerprint density at radius 1 is 1.33 bits per heavy atom. The van der Waals surface area contributed by atoms with Crippen LogP contribution in [0.15, 0.2) is 12.2 Å². The van der Waals surface area contributed by atoms with Gasteiger partial charge in [0.05, 0.1) is 0 Å². The highest BCUT2D eigenvalue weighted by molar-refractivity contribution is 7.99. The topological polar surface area (TPSA) is 15.3 Å². The van der Waals surface area contributed by atoms with Crippen molar-refractivity contribution >= 4 is 11.8 Å². The first-order valence-corrected chi connectivity index (χ1v) is 7.20. The van der Waals surface area contributed by atoms with Gasteiger partial charge in [-0.1, -0.05) is 6.58 Å². The molecule has 2 rings (SSSR count). The smallest absolute Gasteiger partial charge is 0.0203 e. The molecule has 2 nitrogen and oxygen atoms in total. The van der Waals surface area contributed by atoms with Crippen LogP contribution < -0.4 is 5.32 Å². The Labute approximate surface area is 97.5 Å². The van der Waals surface area contributed by atoms with Crippen LogP contribution in [0.1, 0.15) is 19.3 Å². The van der Waals surface area contributed by atoms with E-state index in [9.17, 15) is 0 Å². The van der Waals surface area contributed by atoms with Gasteiger partial charge in [-0.3, -0.25) is 4.90 Å². The summed E-state index contributed by atoms with van der Waals surface area (Å²) in [6.45, 7) is 8.79. The molecule has 1 saturated heterocycles. The van der Waals surface area contributed by atoms with Crippen LogP contribution in [0.25, 0.3) is 0 Å². The molecule has 15 heavy (non-hydrogen) atoms. The lowest BCUT2D eigenvalue weighted by molar-refractivity contribution is 0.318. The molecule has 0 aromatic carbocycles. The van der Waals surface area contributed by atoms with Crippen molar-refractivity contribution in [1.29, 1.82) is 0 Å². The van der Waals surface area contributed by atoms with Crippen molar-refractivity contribution in [2.45, 2.75) is 25.3 Å². The van der Waals surface area contributed by atoms with Crippen molar-refractivity contribution < 1.29 is 0 Å². The zero-order valence-electron chi connectivity index (χ0n) is 9.50. The van der Waals surface area contributed by atoms with Gasteiger partial charge in [-0.25, -0.2) is 0 Å². The lowest BCUT2D eigenvalue weighted by Crippen LogP contribution is -2.31. The minimum absolute atomic E-state index is 0.807. The van der Waals surface area contributed by atoms with E-state index in [4.69, 9.17) is 0 Å². The Kier molecular flexibility index (Phi) is 4.54. The summed E-state index contributed by atoms with van der Waals surface area (Å²) in [5.41, 5.74) is 1.36. The fourth-order valence-corrected chi connectivity index (χ4v) is 2.83. The average Bonchev–Trinajstić information content (AvgIpc) is 3.03. The van der Waals surface area contributed by atoms with Crippen molar-refractivity contribution in [3.63, 3.8) is 0 Å². The van der Waals surface area contributed by atoms with Crippen molar-refractivity contribution in [1.82, 2.24) is 10.2 Å². The second-order valence-electron chi connectivity index (χ2n) is 4.65. The SMILES string of the molecule is C=C(CNC1CC1)CN1CCCSCC1. The number of hydrogen-bond acceptors (Lipinski definition) is 3. The normalized spacial score (nSPS) is 23.7. The predicted molar refractivity (Wildman–Crippen MR) is 68.5 cm³/mol. The quantitative estimate of drug-likeness (QED) is 0.719. The van der Waals surface area contributed by atoms with Crippen LogP contribution >= 0.6 is 11.8 Å². The Balaban J connectivity index is 1.62. The van der Waals surface area contributed by atoms with Crippen molar-refractivity contribution in [2.75, 3.05) is 37.7 Å². The Bertz CT molecular complexity index is 206. The van der Waals surface area contributed by atoms with E-state index in [0.29, 0.717) is 0 Å². The molecule has 86 valence electrons. The van der Waals surface area contributed by atoms with E-state index in [1.165, 1.54) is 49.4 Å². The minimum Gasteiger partial charge on any atom is -0.310 e. The lowest BCUT2D eigenvalue weighted by atomic mass is 10.2. The number of nitrogens with one attached hydrogen (secondary N) is 1. The largest absolute Gasteiger partial charge is 0.310 e. The molecule has 0 aromatic rings. The third kappa shape index (κ3) is 4.58. The molecule has 1 aliphatic carbocycles. The van der Waals surface area contributed by atoms with Gasteiger partial charge in [0, 0.05) is 31.4 Å². The second-order valence-corrected chi connectivity index (χ2v) is 5.87. The van der Waals surface area contributed by atoms with Crippen LogP contribution in [0.2, 0.25) is 0 Å². The highest BCUT2D eigenvalue weighted by Gasteiger charge is 2.20. The average molecular weight is 226 g/mol. The summed E-state index contributed by atoms with van der Waals surface area (Å²) in [5, 5.41) is 3.53. The van der Waals surface area contributed by atoms with Crippen LogP contribution in [0.5, 0.6) is 0 Å². The Morgan fingerprint density at radius 3 is 3.00 bits per heavy atom. The Morgan fingerprint density at radius 2 is 2.20 bits per heavy atom. The second kappa shape index (κ2) is 5.92. The van der Waals surface area contributed by atoms with Crippen molar-refractivity contribution in [3.05, 3.63) is 12.2 Å². The Hall–Kier alpha value is 0.0100. The van der Waals surface area contributed by atoms with Gasteiger partial charge in [0.2, 0.25) is 0 Å². The van der Waals surface area contributed by atoms with Gasteiger partial charge in [0.1, 0.15) is 0 Å². The first-order valence-electron chi connectivity index (χ1n) is 6.05. The molecule has 3 heteroatoms. The molecule has 2 aliphatic rings. The zero-order chi connectivity index (χ0) is 10.5. The van der Waals surface area contributed by atoms with Crippen LogP contribution in [-0.4, -0.2) is 48.6 Å². The van der Waals surface area contributed by atoms with E-state index in [0.717, 1.165) is 19.1 Å². The van der Waals surface area contributed by atoms with Crippen LogP contribution in [0.4, 0.5) is 0 Å². The summed E-state index contributed by atoms with van der Waals surface area (Å²) in [5.74, 6) is 2.63. The molecule has 1 N–H and O–H groups in total. The molecule has 0 unspecified atom stereocenters. The molecular formula is C12H22N2S. The summed E-state index contributed by atoms with van der Waals surface area (Å²) >= 11 is 2.09. The van der Waals surface area contributed by atoms with E-state index in [1.807, 2.05) is 0 Å². The van der Waals surface area contributed by atoms with E-state index >= 15 is 0 Å². The first kappa shape index (κ1) is 11.5. The number of hydrogen-bond donors (Lipinski definition) is 1. The third-order valence-corrected chi connectivity index (χ3v) is 4.03. The molecule has 0 bridgehead atoms. The fraction of sp³-hybridized carbons (Fsp3) is 0.833. The summed E-state index contributed by atoms with van der Waals surface area (Å²) < 4.78 is 0. The molecule has 1 heterocycles. The molecule has 0 aromatic heterocycles. The molecule has 0 spiro atoms.